The van der Waals surface area contributed by atoms with Gasteiger partial charge in [-0.15, -0.1) is 0 Å². The summed E-state index contributed by atoms with van der Waals surface area (Å²) in [6, 6.07) is 11.0. The number of hydrogen-bond acceptors (Lipinski definition) is 4. The van der Waals surface area contributed by atoms with E-state index in [2.05, 4.69) is 0 Å². The number of allylic oxidation sites excluding steroid dienone is 1. The Kier molecular flexibility index (Phi) is 4.38. The Morgan fingerprint density at radius 2 is 1.91 bits per heavy atom. The molecule has 0 aromatic heterocycles. The van der Waals surface area contributed by atoms with Gasteiger partial charge in [-0.25, -0.2) is 0 Å². The Bertz CT molecular complexity index is 720. The Balaban J connectivity index is 1.87. The van der Waals surface area contributed by atoms with E-state index in [1.54, 1.807) is 11.0 Å². The number of nitrogens with one attached hydrogen (secondary N) is 1. The van der Waals surface area contributed by atoms with Crippen molar-refractivity contribution in [2.75, 3.05) is 44.3 Å². The van der Waals surface area contributed by atoms with Crippen molar-refractivity contribution in [3.8, 4) is 12.1 Å². The van der Waals surface area contributed by atoms with Crippen molar-refractivity contribution in [2.24, 2.45) is 0 Å². The largest absolute Gasteiger partial charge is 0.370 e. The number of rotatable bonds is 3. The molecule has 1 saturated heterocycles. The van der Waals surface area contributed by atoms with E-state index in [4.69, 9.17) is 15.3 Å². The third-order valence-corrected chi connectivity index (χ3v) is 4.29. The minimum absolute atomic E-state index is 0.122. The number of para-hydroxylation sites is 1. The number of fused-ring (bicyclic) bond motifs is 1. The average molecular weight is 309 g/mol. The first-order valence-corrected chi connectivity index (χ1v) is 7.63. The smallest absolute Gasteiger partial charge is 0.261 e. The highest BCUT2D eigenvalue weighted by Gasteiger charge is 2.35. The van der Waals surface area contributed by atoms with Gasteiger partial charge in [0.1, 0.15) is 30.8 Å². The summed E-state index contributed by atoms with van der Waals surface area (Å²) in [5.41, 5.74) is 1.56. The van der Waals surface area contributed by atoms with E-state index >= 15 is 0 Å². The molecule has 116 valence electrons. The van der Waals surface area contributed by atoms with Crippen LogP contribution in [0.15, 0.2) is 29.8 Å². The molecule has 0 spiro atoms. The van der Waals surface area contributed by atoms with Crippen LogP contribution in [0.1, 0.15) is 5.56 Å². The van der Waals surface area contributed by atoms with Crippen molar-refractivity contribution in [1.82, 2.24) is 0 Å². The maximum Gasteiger partial charge on any atom is 0.261 e. The zero-order valence-corrected chi connectivity index (χ0v) is 12.7. The normalized spacial score (nSPS) is 17.6. The van der Waals surface area contributed by atoms with E-state index in [1.165, 1.54) is 4.90 Å². The fourth-order valence-corrected chi connectivity index (χ4v) is 3.06. The molecule has 0 radical (unpaired) electrons. The molecule has 1 fully saturated rings. The van der Waals surface area contributed by atoms with Crippen molar-refractivity contribution in [3.63, 3.8) is 0 Å². The van der Waals surface area contributed by atoms with E-state index in [1.807, 2.05) is 30.3 Å². The minimum Gasteiger partial charge on any atom is -0.370 e. The standard InChI is InChI=1S/C17H16N4O2/c18-11-13(12-19)16-14-3-1-2-4-15(14)21(17(16)22)6-5-20-7-9-23-10-8-20/h1-4H,5-10H2/p+1. The summed E-state index contributed by atoms with van der Waals surface area (Å²) in [7, 11) is 0. The van der Waals surface area contributed by atoms with Gasteiger partial charge in [0, 0.05) is 5.56 Å². The van der Waals surface area contributed by atoms with Crippen molar-refractivity contribution >= 4 is 17.2 Å². The monoisotopic (exact) mass is 309 g/mol. The minimum atomic E-state index is -0.253. The van der Waals surface area contributed by atoms with Crippen LogP contribution < -0.4 is 9.80 Å². The quantitative estimate of drug-likeness (QED) is 0.616. The first kappa shape index (κ1) is 15.2. The fourth-order valence-electron chi connectivity index (χ4n) is 3.06. The molecule has 2 aliphatic heterocycles. The highest BCUT2D eigenvalue weighted by molar-refractivity contribution is 6.34. The van der Waals surface area contributed by atoms with E-state index in [0.717, 1.165) is 38.5 Å². The number of nitriles is 2. The molecule has 0 bridgehead atoms. The molecule has 1 aromatic rings. The second-order valence-electron chi connectivity index (χ2n) is 5.56. The van der Waals surface area contributed by atoms with Crippen molar-refractivity contribution in [3.05, 3.63) is 35.4 Å². The van der Waals surface area contributed by atoms with Gasteiger partial charge in [0.25, 0.3) is 5.91 Å². The van der Waals surface area contributed by atoms with Crippen LogP contribution in [0.4, 0.5) is 5.69 Å². The fraction of sp³-hybridized carbons (Fsp3) is 0.353. The molecule has 1 N–H and O–H groups in total. The van der Waals surface area contributed by atoms with Crippen molar-refractivity contribution < 1.29 is 14.4 Å². The number of nitrogens with zero attached hydrogens (tertiary/aromatic N) is 3. The van der Waals surface area contributed by atoms with Gasteiger partial charge in [0.2, 0.25) is 0 Å². The summed E-state index contributed by atoms with van der Waals surface area (Å²) in [6.07, 6.45) is 0. The third kappa shape index (κ3) is 2.83. The third-order valence-electron chi connectivity index (χ3n) is 4.29. The Hall–Kier alpha value is -2.67. The maximum atomic E-state index is 12.7. The molecule has 3 rings (SSSR count). The van der Waals surface area contributed by atoms with E-state index in [0.29, 0.717) is 12.1 Å². The van der Waals surface area contributed by atoms with Crippen LogP contribution in [-0.4, -0.2) is 45.3 Å². The molecule has 23 heavy (non-hydrogen) atoms. The van der Waals surface area contributed by atoms with E-state index < -0.39 is 0 Å². The molecular formula is C17H17N4O2+. The molecule has 6 heteroatoms. The highest BCUT2D eigenvalue weighted by Crippen LogP contribution is 2.37. The number of ether oxygens (including phenoxy) is 1. The second kappa shape index (κ2) is 6.62. The first-order chi connectivity index (χ1) is 11.3. The Morgan fingerprint density at radius 1 is 1.22 bits per heavy atom. The lowest BCUT2D eigenvalue weighted by Gasteiger charge is -2.26. The van der Waals surface area contributed by atoms with Gasteiger partial charge in [0.05, 0.1) is 37.6 Å². The van der Waals surface area contributed by atoms with Crippen molar-refractivity contribution in [2.45, 2.75) is 0 Å². The molecule has 2 aliphatic rings. The molecule has 1 amide bonds. The summed E-state index contributed by atoms with van der Waals surface area (Å²) in [5.74, 6) is -0.253. The summed E-state index contributed by atoms with van der Waals surface area (Å²) in [4.78, 5) is 15.8. The zero-order chi connectivity index (χ0) is 16.2. The summed E-state index contributed by atoms with van der Waals surface area (Å²) in [6.45, 7) is 4.77. The Labute approximate surface area is 134 Å². The summed E-state index contributed by atoms with van der Waals surface area (Å²) in [5, 5.41) is 18.3. The van der Waals surface area contributed by atoms with Crippen LogP contribution in [0.3, 0.4) is 0 Å². The van der Waals surface area contributed by atoms with Gasteiger partial charge >= 0.3 is 0 Å². The van der Waals surface area contributed by atoms with Gasteiger partial charge in [0.15, 0.2) is 0 Å². The highest BCUT2D eigenvalue weighted by atomic mass is 16.5. The average Bonchev–Trinajstić information content (AvgIpc) is 2.88. The van der Waals surface area contributed by atoms with Crippen LogP contribution in [0.5, 0.6) is 0 Å². The lowest BCUT2D eigenvalue weighted by molar-refractivity contribution is -0.906. The predicted octanol–water partition coefficient (Wildman–Crippen LogP) is -0.251. The summed E-state index contributed by atoms with van der Waals surface area (Å²) < 4.78 is 5.35. The van der Waals surface area contributed by atoms with E-state index in [-0.39, 0.29) is 17.1 Å². The van der Waals surface area contributed by atoms with Gasteiger partial charge in [-0.3, -0.25) is 4.79 Å². The molecule has 0 unspecified atom stereocenters. The Morgan fingerprint density at radius 3 is 2.61 bits per heavy atom. The van der Waals surface area contributed by atoms with Crippen LogP contribution in [-0.2, 0) is 9.53 Å². The SMILES string of the molecule is N#CC(C#N)=C1C(=O)N(CC[NH+]2CCOCC2)c2ccccc21. The van der Waals surface area contributed by atoms with Gasteiger partial charge in [-0.2, -0.15) is 10.5 Å². The number of quaternary nitrogens is 1. The number of benzene rings is 1. The van der Waals surface area contributed by atoms with Crippen LogP contribution >= 0.6 is 0 Å². The number of anilines is 1. The van der Waals surface area contributed by atoms with Crippen LogP contribution in [0.2, 0.25) is 0 Å². The molecule has 1 aromatic carbocycles. The van der Waals surface area contributed by atoms with Gasteiger partial charge in [-0.1, -0.05) is 18.2 Å². The second-order valence-corrected chi connectivity index (χ2v) is 5.56. The lowest BCUT2D eigenvalue weighted by Crippen LogP contribution is -3.14. The van der Waals surface area contributed by atoms with Gasteiger partial charge < -0.3 is 14.5 Å². The lowest BCUT2D eigenvalue weighted by atomic mass is 10.0. The zero-order valence-electron chi connectivity index (χ0n) is 12.7. The number of morpholine rings is 1. The molecule has 0 aliphatic carbocycles. The van der Waals surface area contributed by atoms with Crippen LogP contribution in [0, 0.1) is 22.7 Å². The number of amides is 1. The van der Waals surface area contributed by atoms with Crippen LogP contribution in [0.25, 0.3) is 5.57 Å². The molecule has 2 heterocycles. The molecule has 0 saturated carbocycles. The predicted molar refractivity (Wildman–Crippen MR) is 83.3 cm³/mol. The number of carbonyl (C=O) groups excluding carboxylic acids is 1. The number of carbonyl (C=O) groups is 1. The van der Waals surface area contributed by atoms with Crippen molar-refractivity contribution in [1.29, 1.82) is 10.5 Å². The summed E-state index contributed by atoms with van der Waals surface area (Å²) >= 11 is 0. The molecule has 6 nitrogen and oxygen atoms in total. The molecule has 0 atom stereocenters. The topological polar surface area (TPSA) is 81.6 Å². The number of hydrogen-bond donors (Lipinski definition) is 1. The maximum absolute atomic E-state index is 12.7. The first-order valence-electron chi connectivity index (χ1n) is 7.63. The van der Waals surface area contributed by atoms with E-state index in [9.17, 15) is 4.79 Å². The molecular weight excluding hydrogens is 292 g/mol. The van der Waals surface area contributed by atoms with Gasteiger partial charge in [-0.05, 0) is 6.07 Å².